The fourth-order valence-corrected chi connectivity index (χ4v) is 4.67. The van der Waals surface area contributed by atoms with Gasteiger partial charge in [-0.1, -0.05) is 75.2 Å². The molecule has 0 aliphatic heterocycles. The minimum atomic E-state index is -1.05. The zero-order valence-corrected chi connectivity index (χ0v) is 23.8. The first-order chi connectivity index (χ1) is 18.5. The summed E-state index contributed by atoms with van der Waals surface area (Å²) in [5, 5.41) is 16.5. The lowest BCUT2D eigenvalue weighted by Crippen LogP contribution is -2.54. The molecule has 3 amide bonds. The number of unbranched alkanes of at least 4 members (excludes halogenated alkanes) is 2. The van der Waals surface area contributed by atoms with Crippen LogP contribution in [-0.4, -0.2) is 52.1 Å². The van der Waals surface area contributed by atoms with Gasteiger partial charge in [0.15, 0.2) is 0 Å². The van der Waals surface area contributed by atoms with Gasteiger partial charge in [0.25, 0.3) is 0 Å². The molecule has 1 fully saturated rings. The van der Waals surface area contributed by atoms with Gasteiger partial charge in [0.2, 0.25) is 11.8 Å². The van der Waals surface area contributed by atoms with Crippen molar-refractivity contribution >= 4 is 17.9 Å². The standard InChI is InChI=1S/C31H43N3O5/c1-6-7-13-18-32-28(36)27(23-16-11-12-17-26(23)35)34(25-19-21(25)2)29(37)24(20-22-14-9-8-10-15-22)33-30(38)39-31(3,4)5/h8-12,14-17,21,24-25,27,35H,6-7,13,18-20H2,1-5H3,(H,32,36)(H,33,38). The van der Waals surface area contributed by atoms with Gasteiger partial charge >= 0.3 is 6.09 Å². The number of phenolic OH excluding ortho intramolecular Hbond substituents is 1. The lowest BCUT2D eigenvalue weighted by Gasteiger charge is -2.35. The summed E-state index contributed by atoms with van der Waals surface area (Å²) in [5.74, 6) is -0.627. The van der Waals surface area contributed by atoms with E-state index in [2.05, 4.69) is 17.6 Å². The van der Waals surface area contributed by atoms with Crippen LogP contribution in [0.25, 0.3) is 0 Å². The van der Waals surface area contributed by atoms with Crippen LogP contribution >= 0.6 is 0 Å². The SMILES string of the molecule is CCCCCNC(=O)C(c1ccccc1O)N(C(=O)C(Cc1ccccc1)NC(=O)OC(C)(C)C)C1CC1C. The normalized spacial score (nSPS) is 18.0. The van der Waals surface area contributed by atoms with Crippen molar-refractivity contribution in [2.45, 2.75) is 90.4 Å². The van der Waals surface area contributed by atoms with E-state index in [-0.39, 0.29) is 30.0 Å². The predicted octanol–water partition coefficient (Wildman–Crippen LogP) is 5.11. The Morgan fingerprint density at radius 2 is 1.69 bits per heavy atom. The molecular formula is C31H43N3O5. The highest BCUT2D eigenvalue weighted by molar-refractivity contribution is 5.93. The molecule has 3 rings (SSSR count). The Labute approximate surface area is 232 Å². The number of rotatable bonds is 12. The predicted molar refractivity (Wildman–Crippen MR) is 151 cm³/mol. The molecule has 4 unspecified atom stereocenters. The summed E-state index contributed by atoms with van der Waals surface area (Å²) in [6.07, 6.45) is 3.05. The zero-order chi connectivity index (χ0) is 28.6. The van der Waals surface area contributed by atoms with Crippen molar-refractivity contribution in [3.05, 3.63) is 65.7 Å². The molecule has 2 aromatic carbocycles. The quantitative estimate of drug-likeness (QED) is 0.326. The van der Waals surface area contributed by atoms with Crippen molar-refractivity contribution in [2.75, 3.05) is 6.54 Å². The number of amides is 3. The molecule has 4 atom stereocenters. The minimum Gasteiger partial charge on any atom is -0.508 e. The van der Waals surface area contributed by atoms with Gasteiger partial charge < -0.3 is 25.4 Å². The average molecular weight is 538 g/mol. The van der Waals surface area contributed by atoms with Gasteiger partial charge in [0.05, 0.1) is 0 Å². The van der Waals surface area contributed by atoms with Crippen molar-refractivity contribution in [1.29, 1.82) is 0 Å². The summed E-state index contributed by atoms with van der Waals surface area (Å²) in [4.78, 5) is 42.5. The Kier molecular flexibility index (Phi) is 10.4. The minimum absolute atomic E-state index is 0.0583. The summed E-state index contributed by atoms with van der Waals surface area (Å²) in [5.41, 5.74) is 0.471. The van der Waals surface area contributed by atoms with Gasteiger partial charge in [-0.05, 0) is 51.2 Å². The third-order valence-corrected chi connectivity index (χ3v) is 6.79. The molecule has 0 radical (unpaired) electrons. The second kappa shape index (κ2) is 13.5. The van der Waals surface area contributed by atoms with Gasteiger partial charge in [-0.15, -0.1) is 0 Å². The highest BCUT2D eigenvalue weighted by atomic mass is 16.6. The van der Waals surface area contributed by atoms with Crippen molar-refractivity contribution in [2.24, 2.45) is 5.92 Å². The van der Waals surface area contributed by atoms with Crippen LogP contribution in [0, 0.1) is 5.92 Å². The molecule has 8 heteroatoms. The average Bonchev–Trinajstić information content (AvgIpc) is 3.60. The highest BCUT2D eigenvalue weighted by Crippen LogP contribution is 2.42. The van der Waals surface area contributed by atoms with E-state index in [0.29, 0.717) is 12.1 Å². The first-order valence-electron chi connectivity index (χ1n) is 13.9. The summed E-state index contributed by atoms with van der Waals surface area (Å²) in [7, 11) is 0. The topological polar surface area (TPSA) is 108 Å². The second-order valence-corrected chi connectivity index (χ2v) is 11.4. The number of para-hydroxylation sites is 1. The van der Waals surface area contributed by atoms with Crippen LogP contribution in [0.15, 0.2) is 54.6 Å². The number of carbonyl (C=O) groups excluding carboxylic acids is 3. The van der Waals surface area contributed by atoms with Crippen LogP contribution in [0.3, 0.4) is 0 Å². The third-order valence-electron chi connectivity index (χ3n) is 6.79. The number of phenols is 1. The van der Waals surface area contributed by atoms with Crippen molar-refractivity contribution in [1.82, 2.24) is 15.5 Å². The van der Waals surface area contributed by atoms with Crippen LogP contribution in [0.5, 0.6) is 5.75 Å². The summed E-state index contributed by atoms with van der Waals surface area (Å²) in [6, 6.07) is 13.8. The molecule has 0 heterocycles. The number of benzene rings is 2. The lowest BCUT2D eigenvalue weighted by molar-refractivity contribution is -0.143. The van der Waals surface area contributed by atoms with E-state index in [9.17, 15) is 19.5 Å². The van der Waals surface area contributed by atoms with Gasteiger partial charge in [-0.3, -0.25) is 9.59 Å². The molecule has 1 saturated carbocycles. The summed E-state index contributed by atoms with van der Waals surface area (Å²) in [6.45, 7) is 9.87. The van der Waals surface area contributed by atoms with Crippen molar-refractivity contribution in [3.8, 4) is 5.75 Å². The second-order valence-electron chi connectivity index (χ2n) is 11.4. The maximum Gasteiger partial charge on any atom is 0.408 e. The van der Waals surface area contributed by atoms with Gasteiger partial charge in [-0.2, -0.15) is 0 Å². The Morgan fingerprint density at radius 3 is 2.28 bits per heavy atom. The smallest absolute Gasteiger partial charge is 0.408 e. The fourth-order valence-electron chi connectivity index (χ4n) is 4.67. The molecule has 0 bridgehead atoms. The number of carbonyl (C=O) groups is 3. The van der Waals surface area contributed by atoms with Gasteiger partial charge in [-0.25, -0.2) is 4.79 Å². The first-order valence-corrected chi connectivity index (χ1v) is 13.9. The summed E-state index contributed by atoms with van der Waals surface area (Å²) >= 11 is 0. The summed E-state index contributed by atoms with van der Waals surface area (Å²) < 4.78 is 5.48. The van der Waals surface area contributed by atoms with Crippen LogP contribution in [0.2, 0.25) is 0 Å². The number of hydrogen-bond acceptors (Lipinski definition) is 5. The Morgan fingerprint density at radius 1 is 1.05 bits per heavy atom. The van der Waals surface area contributed by atoms with E-state index in [1.165, 1.54) is 6.07 Å². The number of aromatic hydroxyl groups is 1. The maximum absolute atomic E-state index is 14.4. The Bertz CT molecular complexity index is 1110. The molecule has 212 valence electrons. The van der Waals surface area contributed by atoms with Crippen LogP contribution in [0.4, 0.5) is 4.79 Å². The third kappa shape index (κ3) is 8.73. The number of alkyl carbamates (subject to hydrolysis) is 1. The molecule has 0 aromatic heterocycles. The van der Waals surface area contributed by atoms with Crippen LogP contribution in [-0.2, 0) is 20.7 Å². The van der Waals surface area contributed by atoms with Crippen LogP contribution in [0.1, 0.15) is 77.5 Å². The molecule has 39 heavy (non-hydrogen) atoms. The van der Waals surface area contributed by atoms with E-state index in [0.717, 1.165) is 31.2 Å². The molecule has 8 nitrogen and oxygen atoms in total. The van der Waals surface area contributed by atoms with E-state index in [1.54, 1.807) is 43.9 Å². The number of nitrogens with zero attached hydrogens (tertiary/aromatic N) is 1. The van der Waals surface area contributed by atoms with E-state index in [1.807, 2.05) is 37.3 Å². The van der Waals surface area contributed by atoms with Gasteiger partial charge in [0, 0.05) is 24.6 Å². The number of hydrogen-bond donors (Lipinski definition) is 3. The number of nitrogens with one attached hydrogen (secondary N) is 2. The molecule has 1 aliphatic carbocycles. The Balaban J connectivity index is 2.00. The molecular weight excluding hydrogens is 494 g/mol. The van der Waals surface area contributed by atoms with E-state index >= 15 is 0 Å². The molecule has 0 saturated heterocycles. The fraction of sp³-hybridized carbons (Fsp3) is 0.516. The van der Waals surface area contributed by atoms with E-state index < -0.39 is 29.7 Å². The lowest BCUT2D eigenvalue weighted by atomic mass is 9.99. The molecule has 2 aromatic rings. The molecule has 3 N–H and O–H groups in total. The first kappa shape index (κ1) is 30.0. The Hall–Kier alpha value is -3.55. The monoisotopic (exact) mass is 537 g/mol. The van der Waals surface area contributed by atoms with E-state index in [4.69, 9.17) is 4.74 Å². The van der Waals surface area contributed by atoms with Crippen LogP contribution < -0.4 is 10.6 Å². The zero-order valence-electron chi connectivity index (χ0n) is 23.8. The molecule has 0 spiro atoms. The molecule has 1 aliphatic rings. The van der Waals surface area contributed by atoms with Crippen molar-refractivity contribution < 1.29 is 24.2 Å². The van der Waals surface area contributed by atoms with Crippen molar-refractivity contribution in [3.63, 3.8) is 0 Å². The van der Waals surface area contributed by atoms with Gasteiger partial charge in [0.1, 0.15) is 23.4 Å². The maximum atomic E-state index is 14.4. The number of ether oxygens (including phenoxy) is 1. The largest absolute Gasteiger partial charge is 0.508 e. The highest BCUT2D eigenvalue weighted by Gasteiger charge is 2.48.